The molecule has 3 aromatic rings. The van der Waals surface area contributed by atoms with Gasteiger partial charge in [-0.3, -0.25) is 9.20 Å². The molecule has 0 atom stereocenters. The van der Waals surface area contributed by atoms with E-state index in [4.69, 9.17) is 18.9 Å². The highest BCUT2D eigenvalue weighted by Gasteiger charge is 2.29. The maximum absolute atomic E-state index is 13.2. The Kier molecular flexibility index (Phi) is 6.55. The number of carbonyl (C=O) groups excluding carboxylic acids is 1. The van der Waals surface area contributed by atoms with Crippen LogP contribution in [0.2, 0.25) is 0 Å². The lowest BCUT2D eigenvalue weighted by Gasteiger charge is -2.16. The van der Waals surface area contributed by atoms with Gasteiger partial charge in [0.1, 0.15) is 35.1 Å². The second kappa shape index (κ2) is 9.52. The molecule has 1 aliphatic rings. The summed E-state index contributed by atoms with van der Waals surface area (Å²) in [5.41, 5.74) is 1.81. The van der Waals surface area contributed by atoms with E-state index in [1.165, 1.54) is 13.2 Å². The Bertz CT molecular complexity index is 1110. The Hall–Kier alpha value is -3.20. The van der Waals surface area contributed by atoms with Crippen LogP contribution in [0, 0.1) is 5.92 Å². The van der Waals surface area contributed by atoms with Crippen LogP contribution in [0.15, 0.2) is 36.7 Å². The lowest BCUT2D eigenvalue weighted by Crippen LogP contribution is -2.11. The number of benzene rings is 1. The molecule has 0 amide bonds. The smallest absolute Gasteiger partial charge is 0.387 e. The van der Waals surface area contributed by atoms with E-state index in [1.54, 1.807) is 42.1 Å². The molecule has 2 heterocycles. The number of pyridine rings is 1. The van der Waals surface area contributed by atoms with Gasteiger partial charge in [0.25, 0.3) is 0 Å². The largest absolute Gasteiger partial charge is 0.496 e. The van der Waals surface area contributed by atoms with Crippen LogP contribution in [0.25, 0.3) is 16.9 Å². The average Bonchev–Trinajstić information content (AvgIpc) is 3.48. The first-order valence-electron chi connectivity index (χ1n) is 10.3. The van der Waals surface area contributed by atoms with Crippen molar-refractivity contribution in [1.29, 1.82) is 0 Å². The number of imidazole rings is 1. The summed E-state index contributed by atoms with van der Waals surface area (Å²) in [4.78, 5) is 17.2. The number of aromatic nitrogens is 2. The molecule has 0 saturated heterocycles. The summed E-state index contributed by atoms with van der Waals surface area (Å²) in [6, 6.07) is 6.61. The molecule has 0 N–H and O–H groups in total. The highest BCUT2D eigenvalue weighted by molar-refractivity contribution is 6.02. The van der Waals surface area contributed by atoms with Gasteiger partial charge in [-0.25, -0.2) is 4.98 Å². The standard InChI is InChI=1S/C23H24F2N2O5/c1-29-7-8-31-16-5-6-27-17(13-26-21(27)12-16)15-10-19(30-2)22(18(28)9-14-3-4-14)20(11-15)32-23(24)25/h5-6,10-14,23H,3-4,7-9H2,1-2H3. The Morgan fingerprint density at radius 2 is 1.97 bits per heavy atom. The molecule has 0 aliphatic heterocycles. The van der Waals surface area contributed by atoms with E-state index in [9.17, 15) is 13.6 Å². The number of Topliss-reactive ketones (excluding diaryl/α,β-unsaturated/α-hetero) is 1. The van der Waals surface area contributed by atoms with Crippen LogP contribution in [-0.4, -0.2) is 49.2 Å². The van der Waals surface area contributed by atoms with Gasteiger partial charge in [-0.1, -0.05) is 0 Å². The molecule has 170 valence electrons. The Labute approximate surface area is 183 Å². The fourth-order valence-electron chi connectivity index (χ4n) is 3.56. The van der Waals surface area contributed by atoms with Crippen LogP contribution in [0.5, 0.6) is 17.2 Å². The summed E-state index contributed by atoms with van der Waals surface area (Å²) in [6.45, 7) is -2.21. The molecule has 1 aromatic carbocycles. The first-order chi connectivity index (χ1) is 15.5. The minimum atomic E-state index is -3.07. The van der Waals surface area contributed by atoms with Crippen molar-refractivity contribution in [1.82, 2.24) is 9.38 Å². The molecule has 0 radical (unpaired) electrons. The molecule has 0 spiro atoms. The van der Waals surface area contributed by atoms with E-state index in [-0.39, 0.29) is 29.3 Å². The lowest BCUT2D eigenvalue weighted by molar-refractivity contribution is -0.0502. The molecule has 0 bridgehead atoms. The van der Waals surface area contributed by atoms with Crippen molar-refractivity contribution in [2.45, 2.75) is 25.9 Å². The SMILES string of the molecule is COCCOc1ccn2c(-c3cc(OC)c(C(=O)CC4CC4)c(OC(F)F)c3)cnc2c1. The number of rotatable bonds is 11. The number of alkyl halides is 2. The predicted molar refractivity (Wildman–Crippen MR) is 113 cm³/mol. The summed E-state index contributed by atoms with van der Waals surface area (Å²) in [5.74, 6) is 0.660. The van der Waals surface area contributed by atoms with Gasteiger partial charge in [-0.2, -0.15) is 8.78 Å². The quantitative estimate of drug-likeness (QED) is 0.316. The average molecular weight is 446 g/mol. The molecule has 2 aromatic heterocycles. The second-order valence-electron chi connectivity index (χ2n) is 7.58. The molecule has 0 unspecified atom stereocenters. The zero-order valence-corrected chi connectivity index (χ0v) is 17.8. The van der Waals surface area contributed by atoms with Crippen LogP contribution in [-0.2, 0) is 4.74 Å². The zero-order valence-electron chi connectivity index (χ0n) is 17.8. The van der Waals surface area contributed by atoms with E-state index < -0.39 is 6.61 Å². The number of hydrogen-bond donors (Lipinski definition) is 0. The van der Waals surface area contributed by atoms with Gasteiger partial charge in [-0.05, 0) is 37.0 Å². The van der Waals surface area contributed by atoms with Gasteiger partial charge in [-0.15, -0.1) is 0 Å². The van der Waals surface area contributed by atoms with Gasteiger partial charge < -0.3 is 18.9 Å². The van der Waals surface area contributed by atoms with Crippen LogP contribution in [0.4, 0.5) is 8.78 Å². The van der Waals surface area contributed by atoms with Crippen molar-refractivity contribution >= 4 is 11.4 Å². The first kappa shape index (κ1) is 22.0. The van der Waals surface area contributed by atoms with Crippen LogP contribution in [0.3, 0.4) is 0 Å². The van der Waals surface area contributed by atoms with Crippen molar-refractivity contribution in [3.8, 4) is 28.5 Å². The Morgan fingerprint density at radius 3 is 2.66 bits per heavy atom. The highest BCUT2D eigenvalue weighted by Crippen LogP contribution is 2.40. The maximum Gasteiger partial charge on any atom is 0.387 e. The second-order valence-corrected chi connectivity index (χ2v) is 7.58. The van der Waals surface area contributed by atoms with Crippen molar-refractivity contribution in [3.05, 3.63) is 42.2 Å². The Balaban J connectivity index is 1.72. The van der Waals surface area contributed by atoms with E-state index in [0.29, 0.717) is 41.8 Å². The molecular weight excluding hydrogens is 422 g/mol. The molecule has 1 saturated carbocycles. The zero-order chi connectivity index (χ0) is 22.7. The highest BCUT2D eigenvalue weighted by atomic mass is 19.3. The van der Waals surface area contributed by atoms with Crippen molar-refractivity contribution in [2.75, 3.05) is 27.4 Å². The molecule has 4 rings (SSSR count). The third-order valence-corrected chi connectivity index (χ3v) is 5.29. The van der Waals surface area contributed by atoms with E-state index in [2.05, 4.69) is 4.98 Å². The fourth-order valence-corrected chi connectivity index (χ4v) is 3.56. The molecule has 1 fully saturated rings. The number of nitrogens with zero attached hydrogens (tertiary/aromatic N) is 2. The monoisotopic (exact) mass is 446 g/mol. The van der Waals surface area contributed by atoms with Gasteiger partial charge >= 0.3 is 6.61 Å². The first-order valence-corrected chi connectivity index (χ1v) is 10.3. The number of ether oxygens (including phenoxy) is 4. The van der Waals surface area contributed by atoms with Crippen molar-refractivity contribution < 1.29 is 32.5 Å². The van der Waals surface area contributed by atoms with Crippen LogP contribution in [0.1, 0.15) is 29.6 Å². The van der Waals surface area contributed by atoms with E-state index >= 15 is 0 Å². The van der Waals surface area contributed by atoms with Gasteiger partial charge in [0, 0.05) is 31.4 Å². The molecule has 7 nitrogen and oxygen atoms in total. The fraction of sp³-hybridized carbons (Fsp3) is 0.391. The minimum absolute atomic E-state index is 0.0473. The third-order valence-electron chi connectivity index (χ3n) is 5.29. The number of halogens is 2. The lowest BCUT2D eigenvalue weighted by atomic mass is 10.00. The Morgan fingerprint density at radius 1 is 1.19 bits per heavy atom. The normalized spacial score (nSPS) is 13.5. The molecular formula is C23H24F2N2O5. The number of carbonyl (C=O) groups is 1. The third kappa shape index (κ3) is 4.83. The summed E-state index contributed by atoms with van der Waals surface area (Å²) in [7, 11) is 3.00. The minimum Gasteiger partial charge on any atom is -0.496 e. The molecule has 9 heteroatoms. The molecule has 32 heavy (non-hydrogen) atoms. The number of ketones is 1. The van der Waals surface area contributed by atoms with Crippen LogP contribution >= 0.6 is 0 Å². The van der Waals surface area contributed by atoms with E-state index in [1.807, 2.05) is 0 Å². The summed E-state index contributed by atoms with van der Waals surface area (Å²) in [6.07, 6.45) is 5.61. The van der Waals surface area contributed by atoms with Crippen molar-refractivity contribution in [3.63, 3.8) is 0 Å². The number of fused-ring (bicyclic) bond motifs is 1. The summed E-state index contributed by atoms with van der Waals surface area (Å²) >= 11 is 0. The van der Waals surface area contributed by atoms with Gasteiger partial charge in [0.05, 0.1) is 25.6 Å². The topological polar surface area (TPSA) is 71.3 Å². The van der Waals surface area contributed by atoms with Crippen LogP contribution < -0.4 is 14.2 Å². The van der Waals surface area contributed by atoms with Gasteiger partial charge in [0.15, 0.2) is 5.78 Å². The number of methoxy groups -OCH3 is 2. The predicted octanol–water partition coefficient (Wildman–Crippen LogP) is 4.62. The van der Waals surface area contributed by atoms with Gasteiger partial charge in [0.2, 0.25) is 0 Å². The summed E-state index contributed by atoms with van der Waals surface area (Å²) in [5, 5.41) is 0. The summed E-state index contributed by atoms with van der Waals surface area (Å²) < 4.78 is 48.8. The number of hydrogen-bond acceptors (Lipinski definition) is 6. The molecule has 1 aliphatic carbocycles. The maximum atomic E-state index is 13.2. The van der Waals surface area contributed by atoms with E-state index in [0.717, 1.165) is 12.8 Å². The van der Waals surface area contributed by atoms with Crippen molar-refractivity contribution in [2.24, 2.45) is 5.92 Å².